The number of piperidine rings is 1. The molecule has 1 atom stereocenters. The summed E-state index contributed by atoms with van der Waals surface area (Å²) in [6, 6.07) is 1.94. The van der Waals surface area contributed by atoms with Crippen LogP contribution in [0.3, 0.4) is 0 Å². The third kappa shape index (κ3) is 4.34. The van der Waals surface area contributed by atoms with Crippen LogP contribution >= 0.6 is 0 Å². The number of amides is 1. The third-order valence-electron chi connectivity index (χ3n) is 6.39. The monoisotopic (exact) mass is 376 g/mol. The van der Waals surface area contributed by atoms with Crippen molar-refractivity contribution in [1.82, 2.24) is 18.9 Å². The fourth-order valence-electron chi connectivity index (χ4n) is 4.67. The van der Waals surface area contributed by atoms with Crippen molar-refractivity contribution in [3.63, 3.8) is 0 Å². The zero-order valence-electron chi connectivity index (χ0n) is 16.8. The molecular weight excluding hydrogens is 344 g/mol. The Morgan fingerprint density at radius 3 is 2.37 bits per heavy atom. The number of aromatic nitrogens is 2. The second-order valence-electron chi connectivity index (χ2n) is 8.12. The smallest absolute Gasteiger partial charge is 0.330 e. The van der Waals surface area contributed by atoms with Crippen LogP contribution in [0.25, 0.3) is 0 Å². The molecule has 2 saturated heterocycles. The molecule has 1 aromatic heterocycles. The molecule has 3 rings (SSSR count). The molecule has 0 bridgehead atoms. The number of carbonyl (C=O) groups is 1. The normalized spacial score (nSPS) is 22.6. The van der Waals surface area contributed by atoms with Crippen LogP contribution in [0, 0.1) is 5.92 Å². The number of rotatable bonds is 3. The number of nitrogens with zero attached hydrogens (tertiary/aromatic N) is 4. The minimum atomic E-state index is -0.275. The molecule has 0 N–H and O–H groups in total. The van der Waals surface area contributed by atoms with Gasteiger partial charge in [-0.25, -0.2) is 4.79 Å². The molecule has 0 aliphatic carbocycles. The van der Waals surface area contributed by atoms with Crippen molar-refractivity contribution < 1.29 is 4.79 Å². The summed E-state index contributed by atoms with van der Waals surface area (Å²) in [7, 11) is 3.23. The predicted octanol–water partition coefficient (Wildman–Crippen LogP) is 1.09. The quantitative estimate of drug-likeness (QED) is 0.792. The van der Waals surface area contributed by atoms with Crippen molar-refractivity contribution in [1.29, 1.82) is 0 Å². The van der Waals surface area contributed by atoms with Crippen LogP contribution in [0.2, 0.25) is 0 Å². The SMILES string of the molecule is CC(=O)N1CCCCC[C@H]1C1CCN(Cc2cc(=O)n(C)c(=O)n2C)CC1. The van der Waals surface area contributed by atoms with Gasteiger partial charge in [-0.05, 0) is 44.7 Å². The highest BCUT2D eigenvalue weighted by Crippen LogP contribution is 2.30. The molecule has 3 heterocycles. The Kier molecular flexibility index (Phi) is 6.19. The minimum absolute atomic E-state index is 0.208. The lowest BCUT2D eigenvalue weighted by molar-refractivity contribution is -0.132. The van der Waals surface area contributed by atoms with E-state index in [0.717, 1.165) is 55.6 Å². The third-order valence-corrected chi connectivity index (χ3v) is 6.39. The summed E-state index contributed by atoms with van der Waals surface area (Å²) in [5, 5.41) is 0. The first-order valence-electron chi connectivity index (χ1n) is 10.1. The summed E-state index contributed by atoms with van der Waals surface area (Å²) < 4.78 is 2.70. The number of likely N-dealkylation sites (tertiary alicyclic amines) is 2. The van der Waals surface area contributed by atoms with Crippen molar-refractivity contribution in [2.45, 2.75) is 58.0 Å². The van der Waals surface area contributed by atoms with Gasteiger partial charge in [0.2, 0.25) is 5.91 Å². The summed E-state index contributed by atoms with van der Waals surface area (Å²) in [5.74, 6) is 0.759. The highest BCUT2D eigenvalue weighted by Gasteiger charge is 2.32. The predicted molar refractivity (Wildman–Crippen MR) is 105 cm³/mol. The van der Waals surface area contributed by atoms with Gasteiger partial charge in [0.05, 0.1) is 0 Å². The average Bonchev–Trinajstić information content (AvgIpc) is 2.91. The zero-order valence-corrected chi connectivity index (χ0v) is 16.8. The Labute approximate surface area is 160 Å². The molecule has 7 nitrogen and oxygen atoms in total. The van der Waals surface area contributed by atoms with E-state index >= 15 is 0 Å². The minimum Gasteiger partial charge on any atom is -0.340 e. The van der Waals surface area contributed by atoms with Gasteiger partial charge in [0.25, 0.3) is 5.56 Å². The van der Waals surface area contributed by atoms with E-state index in [4.69, 9.17) is 0 Å². The van der Waals surface area contributed by atoms with Gasteiger partial charge in [0.1, 0.15) is 0 Å². The van der Waals surface area contributed by atoms with Crippen molar-refractivity contribution in [3.8, 4) is 0 Å². The fraction of sp³-hybridized carbons (Fsp3) is 0.750. The van der Waals surface area contributed by atoms with Crippen molar-refractivity contribution in [3.05, 3.63) is 32.6 Å². The molecule has 1 aromatic rings. The summed E-state index contributed by atoms with van der Waals surface area (Å²) in [6.45, 7) is 5.10. The first-order valence-corrected chi connectivity index (χ1v) is 10.1. The lowest BCUT2D eigenvalue weighted by Gasteiger charge is -2.40. The van der Waals surface area contributed by atoms with E-state index in [0.29, 0.717) is 18.5 Å². The molecule has 27 heavy (non-hydrogen) atoms. The summed E-state index contributed by atoms with van der Waals surface area (Å²) in [4.78, 5) is 40.6. The van der Waals surface area contributed by atoms with Crippen LogP contribution < -0.4 is 11.2 Å². The maximum absolute atomic E-state index is 12.1. The van der Waals surface area contributed by atoms with E-state index in [1.165, 1.54) is 19.9 Å². The second-order valence-corrected chi connectivity index (χ2v) is 8.12. The number of hydrogen-bond acceptors (Lipinski definition) is 4. The molecule has 0 spiro atoms. The first-order chi connectivity index (χ1) is 12.9. The van der Waals surface area contributed by atoms with E-state index < -0.39 is 0 Å². The Morgan fingerprint density at radius 2 is 1.70 bits per heavy atom. The average molecular weight is 377 g/mol. The van der Waals surface area contributed by atoms with E-state index in [1.54, 1.807) is 24.6 Å². The van der Waals surface area contributed by atoms with Crippen LogP contribution in [0.5, 0.6) is 0 Å². The van der Waals surface area contributed by atoms with Crippen LogP contribution in [0.15, 0.2) is 15.7 Å². The summed E-state index contributed by atoms with van der Waals surface area (Å²) >= 11 is 0. The molecule has 7 heteroatoms. The van der Waals surface area contributed by atoms with Gasteiger partial charge in [0, 0.05) is 51.9 Å². The molecular formula is C20H32N4O3. The van der Waals surface area contributed by atoms with Gasteiger partial charge < -0.3 is 4.90 Å². The van der Waals surface area contributed by atoms with Gasteiger partial charge in [0.15, 0.2) is 0 Å². The van der Waals surface area contributed by atoms with Crippen molar-refractivity contribution >= 4 is 5.91 Å². The summed E-state index contributed by atoms with van der Waals surface area (Å²) in [6.07, 6.45) is 6.79. The maximum Gasteiger partial charge on any atom is 0.330 e. The molecule has 0 saturated carbocycles. The van der Waals surface area contributed by atoms with Crippen LogP contribution in [0.1, 0.15) is 51.1 Å². The maximum atomic E-state index is 12.1. The highest BCUT2D eigenvalue weighted by atomic mass is 16.2. The summed E-state index contributed by atoms with van der Waals surface area (Å²) in [5.41, 5.74) is 0.239. The fourth-order valence-corrected chi connectivity index (χ4v) is 4.67. The lowest BCUT2D eigenvalue weighted by Crippen LogP contribution is -2.47. The van der Waals surface area contributed by atoms with Crippen LogP contribution in [-0.4, -0.2) is 50.5 Å². The molecule has 0 aromatic carbocycles. The van der Waals surface area contributed by atoms with Crippen LogP contribution in [-0.2, 0) is 25.4 Å². The van der Waals surface area contributed by atoms with Gasteiger partial charge in [-0.1, -0.05) is 12.8 Å². The molecule has 0 unspecified atom stereocenters. The molecule has 1 amide bonds. The second kappa shape index (κ2) is 8.42. The Morgan fingerprint density at radius 1 is 1.00 bits per heavy atom. The molecule has 2 fully saturated rings. The largest absolute Gasteiger partial charge is 0.340 e. The lowest BCUT2D eigenvalue weighted by atomic mass is 9.86. The van der Waals surface area contributed by atoms with Crippen molar-refractivity contribution in [2.24, 2.45) is 20.0 Å². The standard InChI is InChI=1S/C20H32N4O3/c1-15(25)24-10-6-4-5-7-18(24)16-8-11-23(12-9-16)14-17-13-19(26)22(3)20(27)21(17)2/h13,16,18H,4-12,14H2,1-3H3/t18-/m0/s1. The molecule has 150 valence electrons. The number of hydrogen-bond donors (Lipinski definition) is 0. The number of carbonyl (C=O) groups excluding carboxylic acids is 1. The van der Waals surface area contributed by atoms with Gasteiger partial charge in [-0.2, -0.15) is 0 Å². The first kappa shape index (κ1) is 19.9. The van der Waals surface area contributed by atoms with Gasteiger partial charge >= 0.3 is 5.69 Å². The van der Waals surface area contributed by atoms with E-state index in [-0.39, 0.29) is 17.2 Å². The van der Waals surface area contributed by atoms with Gasteiger partial charge in [-0.3, -0.25) is 23.6 Å². The van der Waals surface area contributed by atoms with Crippen LogP contribution in [0.4, 0.5) is 0 Å². The van der Waals surface area contributed by atoms with E-state index in [1.807, 2.05) is 0 Å². The molecule has 0 radical (unpaired) electrons. The van der Waals surface area contributed by atoms with Gasteiger partial charge in [-0.15, -0.1) is 0 Å². The topological polar surface area (TPSA) is 67.6 Å². The Bertz CT molecular complexity index is 789. The molecule has 2 aliphatic heterocycles. The Hall–Kier alpha value is -1.89. The van der Waals surface area contributed by atoms with E-state index in [2.05, 4.69) is 9.80 Å². The zero-order chi connectivity index (χ0) is 19.6. The van der Waals surface area contributed by atoms with Crippen molar-refractivity contribution in [2.75, 3.05) is 19.6 Å². The molecule has 2 aliphatic rings. The van der Waals surface area contributed by atoms with E-state index in [9.17, 15) is 14.4 Å². The Balaban J connectivity index is 1.64. The highest BCUT2D eigenvalue weighted by molar-refractivity contribution is 5.73.